The standard InChI is InChI=1S/C22H42O2/c1-2-3-4-5-6-7-8-9-10-11-12-13-14-15-16-17-18-19-23-20-22-21-24-22/h9-10,22H,2-8,11-21H2,1H3/b10-9-. The largest absolute Gasteiger partial charge is 0.379 e. The highest BCUT2D eigenvalue weighted by Crippen LogP contribution is 2.11. The number of rotatable bonds is 19. The van der Waals surface area contributed by atoms with Crippen molar-refractivity contribution in [3.8, 4) is 0 Å². The quantitative estimate of drug-likeness (QED) is 0.146. The molecule has 24 heavy (non-hydrogen) atoms. The summed E-state index contributed by atoms with van der Waals surface area (Å²) in [6.07, 6.45) is 25.7. The van der Waals surface area contributed by atoms with Gasteiger partial charge in [0.25, 0.3) is 0 Å². The number of ether oxygens (including phenoxy) is 2. The Labute approximate surface area is 151 Å². The zero-order valence-electron chi connectivity index (χ0n) is 16.3. The average Bonchev–Trinajstić information content (AvgIpc) is 3.41. The van der Waals surface area contributed by atoms with Crippen LogP contribution in [0.25, 0.3) is 0 Å². The summed E-state index contributed by atoms with van der Waals surface area (Å²) < 4.78 is 10.7. The second kappa shape index (κ2) is 17.5. The molecule has 0 aromatic rings. The van der Waals surface area contributed by atoms with Crippen molar-refractivity contribution < 1.29 is 9.47 Å². The van der Waals surface area contributed by atoms with Crippen LogP contribution in [-0.4, -0.2) is 25.9 Å². The minimum absolute atomic E-state index is 0.421. The number of hydrogen-bond donors (Lipinski definition) is 0. The minimum Gasteiger partial charge on any atom is -0.379 e. The van der Waals surface area contributed by atoms with E-state index in [2.05, 4.69) is 19.1 Å². The monoisotopic (exact) mass is 338 g/mol. The van der Waals surface area contributed by atoms with Gasteiger partial charge in [-0.2, -0.15) is 0 Å². The van der Waals surface area contributed by atoms with Gasteiger partial charge in [-0.3, -0.25) is 0 Å². The molecular formula is C22H42O2. The van der Waals surface area contributed by atoms with Crippen molar-refractivity contribution in [1.29, 1.82) is 0 Å². The van der Waals surface area contributed by atoms with Crippen molar-refractivity contribution in [2.24, 2.45) is 0 Å². The lowest BCUT2D eigenvalue weighted by Crippen LogP contribution is -2.02. The van der Waals surface area contributed by atoms with Crippen LogP contribution in [-0.2, 0) is 9.47 Å². The predicted octanol–water partition coefficient (Wildman–Crippen LogP) is 6.83. The van der Waals surface area contributed by atoms with Crippen LogP contribution in [0.3, 0.4) is 0 Å². The van der Waals surface area contributed by atoms with E-state index in [0.29, 0.717) is 6.10 Å². The fourth-order valence-corrected chi connectivity index (χ4v) is 3.01. The summed E-state index contributed by atoms with van der Waals surface area (Å²) in [6.45, 7) is 4.93. The Morgan fingerprint density at radius 2 is 1.25 bits per heavy atom. The molecule has 1 unspecified atom stereocenters. The van der Waals surface area contributed by atoms with E-state index in [1.807, 2.05) is 0 Å². The second-order valence-corrected chi connectivity index (χ2v) is 7.32. The molecule has 1 rings (SSSR count). The normalized spacial score (nSPS) is 17.0. The molecule has 1 fully saturated rings. The van der Waals surface area contributed by atoms with Gasteiger partial charge >= 0.3 is 0 Å². The van der Waals surface area contributed by atoms with Crippen molar-refractivity contribution in [3.63, 3.8) is 0 Å². The van der Waals surface area contributed by atoms with Crippen LogP contribution in [0.1, 0.15) is 103 Å². The third kappa shape index (κ3) is 16.5. The molecule has 1 aliphatic heterocycles. The Hall–Kier alpha value is -0.340. The van der Waals surface area contributed by atoms with E-state index < -0.39 is 0 Å². The van der Waals surface area contributed by atoms with Gasteiger partial charge in [0.1, 0.15) is 6.10 Å². The molecule has 2 nitrogen and oxygen atoms in total. The number of hydrogen-bond acceptors (Lipinski definition) is 2. The van der Waals surface area contributed by atoms with Gasteiger partial charge in [0, 0.05) is 6.61 Å². The fourth-order valence-electron chi connectivity index (χ4n) is 3.01. The van der Waals surface area contributed by atoms with Crippen molar-refractivity contribution >= 4 is 0 Å². The summed E-state index contributed by atoms with van der Waals surface area (Å²) in [7, 11) is 0. The van der Waals surface area contributed by atoms with E-state index in [0.717, 1.165) is 19.8 Å². The van der Waals surface area contributed by atoms with Crippen molar-refractivity contribution in [3.05, 3.63) is 12.2 Å². The van der Waals surface area contributed by atoms with E-state index in [-0.39, 0.29) is 0 Å². The SMILES string of the molecule is CCCCCCCC/C=C\CCCCCCCCCOCC1CO1. The maximum absolute atomic E-state index is 5.55. The summed E-state index contributed by atoms with van der Waals surface area (Å²) >= 11 is 0. The highest BCUT2D eigenvalue weighted by molar-refractivity contribution is 4.81. The fraction of sp³-hybridized carbons (Fsp3) is 0.909. The first-order chi connectivity index (χ1) is 11.9. The first-order valence-electron chi connectivity index (χ1n) is 10.8. The second-order valence-electron chi connectivity index (χ2n) is 7.32. The third-order valence-corrected chi connectivity index (χ3v) is 4.76. The lowest BCUT2D eigenvalue weighted by Gasteiger charge is -2.03. The summed E-state index contributed by atoms with van der Waals surface area (Å²) in [4.78, 5) is 0. The Morgan fingerprint density at radius 1 is 0.750 bits per heavy atom. The zero-order valence-corrected chi connectivity index (χ0v) is 16.3. The van der Waals surface area contributed by atoms with Crippen molar-refractivity contribution in [1.82, 2.24) is 0 Å². The minimum atomic E-state index is 0.421. The van der Waals surface area contributed by atoms with Crippen LogP contribution in [0.15, 0.2) is 12.2 Å². The first-order valence-corrected chi connectivity index (χ1v) is 10.8. The Kier molecular flexibility index (Phi) is 15.8. The maximum atomic E-state index is 5.55. The molecule has 1 saturated heterocycles. The van der Waals surface area contributed by atoms with E-state index in [1.54, 1.807) is 0 Å². The third-order valence-electron chi connectivity index (χ3n) is 4.76. The van der Waals surface area contributed by atoms with Gasteiger partial charge in [-0.1, -0.05) is 83.3 Å². The van der Waals surface area contributed by atoms with Gasteiger partial charge in [0.2, 0.25) is 0 Å². The van der Waals surface area contributed by atoms with Crippen LogP contribution in [0.2, 0.25) is 0 Å². The summed E-state index contributed by atoms with van der Waals surface area (Å²) in [5.41, 5.74) is 0. The van der Waals surface area contributed by atoms with E-state index in [4.69, 9.17) is 9.47 Å². The molecule has 0 amide bonds. The number of allylic oxidation sites excluding steroid dienone is 2. The maximum Gasteiger partial charge on any atom is 0.104 e. The molecule has 0 N–H and O–H groups in total. The van der Waals surface area contributed by atoms with Crippen molar-refractivity contribution in [2.45, 2.75) is 109 Å². The van der Waals surface area contributed by atoms with Crippen LogP contribution >= 0.6 is 0 Å². The van der Waals surface area contributed by atoms with Gasteiger partial charge in [0.05, 0.1) is 13.2 Å². The van der Waals surface area contributed by atoms with Crippen LogP contribution < -0.4 is 0 Å². The molecule has 1 heterocycles. The highest BCUT2D eigenvalue weighted by Gasteiger charge is 2.21. The van der Waals surface area contributed by atoms with Gasteiger partial charge in [-0.25, -0.2) is 0 Å². The molecule has 2 heteroatoms. The summed E-state index contributed by atoms with van der Waals surface area (Å²) in [5.74, 6) is 0. The van der Waals surface area contributed by atoms with Crippen LogP contribution in [0.4, 0.5) is 0 Å². The molecule has 0 spiro atoms. The Bertz CT molecular complexity index is 271. The van der Waals surface area contributed by atoms with Gasteiger partial charge < -0.3 is 9.47 Å². The molecular weight excluding hydrogens is 296 g/mol. The number of epoxide rings is 1. The van der Waals surface area contributed by atoms with Crippen molar-refractivity contribution in [2.75, 3.05) is 19.8 Å². The molecule has 1 aliphatic rings. The topological polar surface area (TPSA) is 21.8 Å². The predicted molar refractivity (Wildman–Crippen MR) is 105 cm³/mol. The van der Waals surface area contributed by atoms with Gasteiger partial charge in [-0.05, 0) is 32.1 Å². The first kappa shape index (κ1) is 21.7. The Balaban J connectivity index is 1.64. The molecule has 0 aliphatic carbocycles. The molecule has 0 radical (unpaired) electrons. The lowest BCUT2D eigenvalue weighted by molar-refractivity contribution is 0.113. The zero-order chi connectivity index (χ0) is 17.1. The molecule has 0 bridgehead atoms. The van der Waals surface area contributed by atoms with E-state index >= 15 is 0 Å². The summed E-state index contributed by atoms with van der Waals surface area (Å²) in [6, 6.07) is 0. The van der Waals surface area contributed by atoms with Gasteiger partial charge in [0.15, 0.2) is 0 Å². The highest BCUT2D eigenvalue weighted by atomic mass is 16.6. The van der Waals surface area contributed by atoms with E-state index in [1.165, 1.54) is 96.3 Å². The molecule has 1 atom stereocenters. The van der Waals surface area contributed by atoms with E-state index in [9.17, 15) is 0 Å². The Morgan fingerprint density at radius 3 is 1.79 bits per heavy atom. The summed E-state index contributed by atoms with van der Waals surface area (Å²) in [5, 5.41) is 0. The smallest absolute Gasteiger partial charge is 0.104 e. The molecule has 142 valence electrons. The average molecular weight is 339 g/mol. The van der Waals surface area contributed by atoms with Crippen LogP contribution in [0.5, 0.6) is 0 Å². The number of unbranched alkanes of at least 4 members (excludes halogenated alkanes) is 13. The lowest BCUT2D eigenvalue weighted by atomic mass is 10.1. The van der Waals surface area contributed by atoms with Gasteiger partial charge in [-0.15, -0.1) is 0 Å². The molecule has 0 saturated carbocycles. The van der Waals surface area contributed by atoms with Crippen LogP contribution in [0, 0.1) is 0 Å². The molecule has 0 aromatic heterocycles. The molecule has 0 aromatic carbocycles.